The molecule has 0 atom stereocenters. The average molecular weight is 464 g/mol. The molecule has 8 heteroatoms. The van der Waals surface area contributed by atoms with Gasteiger partial charge in [0, 0.05) is 24.4 Å². The van der Waals surface area contributed by atoms with Gasteiger partial charge in [-0.2, -0.15) is 0 Å². The maximum atomic E-state index is 11.5. The van der Waals surface area contributed by atoms with Crippen molar-refractivity contribution in [1.82, 2.24) is 9.97 Å². The molecule has 2 aromatic rings. The van der Waals surface area contributed by atoms with Crippen LogP contribution in [0.2, 0.25) is 10.3 Å². The highest BCUT2D eigenvalue weighted by Gasteiger charge is 2.25. The van der Waals surface area contributed by atoms with Gasteiger partial charge in [0.2, 0.25) is 0 Å². The number of carbonyl (C=O) groups excluding carboxylic acids is 1. The number of anilines is 1. The topological polar surface area (TPSA) is 75.5 Å². The lowest BCUT2D eigenvalue weighted by Gasteiger charge is -2.30. The monoisotopic (exact) mass is 463 g/mol. The van der Waals surface area contributed by atoms with Crippen LogP contribution in [0, 0.1) is 5.92 Å². The van der Waals surface area contributed by atoms with Gasteiger partial charge in [-0.1, -0.05) is 41.9 Å². The lowest BCUT2D eigenvalue weighted by Crippen LogP contribution is -2.25. The third kappa shape index (κ3) is 5.76. The fourth-order valence-corrected chi connectivity index (χ4v) is 4.72. The summed E-state index contributed by atoms with van der Waals surface area (Å²) in [5, 5.41) is 10.0. The molecule has 1 fully saturated rings. The van der Waals surface area contributed by atoms with E-state index in [2.05, 4.69) is 28.7 Å². The Kier molecular flexibility index (Phi) is 8.29. The Hall–Kier alpha value is -2.15. The van der Waals surface area contributed by atoms with E-state index in [0.29, 0.717) is 36.1 Å². The van der Waals surface area contributed by atoms with E-state index in [4.69, 9.17) is 27.9 Å². The van der Waals surface area contributed by atoms with Crippen molar-refractivity contribution in [2.24, 2.45) is 5.92 Å². The van der Waals surface area contributed by atoms with E-state index < -0.39 is 0 Å². The molecule has 0 spiro atoms. The molecule has 1 saturated carbocycles. The number of hydrogen-bond donors (Lipinski definition) is 1. The number of hydrogen-bond acceptors (Lipinski definition) is 6. The van der Waals surface area contributed by atoms with Crippen LogP contribution in [0.1, 0.15) is 49.1 Å². The number of methoxy groups -OCH3 is 1. The van der Waals surface area contributed by atoms with Crippen molar-refractivity contribution in [3.8, 4) is 0 Å². The molecule has 31 heavy (non-hydrogen) atoms. The number of rotatable bonds is 8. The number of halogens is 2. The van der Waals surface area contributed by atoms with E-state index in [0.717, 1.165) is 31.4 Å². The summed E-state index contributed by atoms with van der Waals surface area (Å²) >= 11 is 12.4. The van der Waals surface area contributed by atoms with Crippen molar-refractivity contribution in [3.05, 3.63) is 58.6 Å². The molecule has 0 aliphatic heterocycles. The molecule has 0 unspecified atom stereocenters. The van der Waals surface area contributed by atoms with Gasteiger partial charge in [-0.05, 0) is 55.2 Å². The first-order chi connectivity index (χ1) is 14.9. The summed E-state index contributed by atoms with van der Waals surface area (Å²) in [6, 6.07) is 8.26. The lowest BCUT2D eigenvalue weighted by molar-refractivity contribution is -0.142. The second kappa shape index (κ2) is 10.9. The van der Waals surface area contributed by atoms with Crippen molar-refractivity contribution in [2.45, 2.75) is 38.0 Å². The molecule has 1 aromatic carbocycles. The molecular formula is C23H27Cl2N3O3. The largest absolute Gasteiger partial charge is 0.469 e. The molecule has 166 valence electrons. The molecule has 3 rings (SSSR count). The number of aromatic nitrogens is 2. The van der Waals surface area contributed by atoms with Gasteiger partial charge < -0.3 is 14.7 Å². The summed E-state index contributed by atoms with van der Waals surface area (Å²) in [5.41, 5.74) is 3.13. The van der Waals surface area contributed by atoms with Crippen molar-refractivity contribution >= 4 is 40.6 Å². The van der Waals surface area contributed by atoms with E-state index >= 15 is 0 Å². The number of aliphatic hydroxyl groups excluding tert-OH is 1. The average Bonchev–Trinajstić information content (AvgIpc) is 2.78. The van der Waals surface area contributed by atoms with Crippen LogP contribution in [0.15, 0.2) is 37.2 Å². The normalized spacial score (nSPS) is 18.5. The van der Waals surface area contributed by atoms with Gasteiger partial charge >= 0.3 is 5.97 Å². The standard InChI is InChI=1S/C23H27Cl2N3O3/c1-15(21-22(24)26-14-27-23(21)25)28(11-12-29)19-9-7-18(8-10-19)17-5-3-16(4-6-17)13-20(30)31-2/h7-10,14,16-17,29H,1,3-6,11-13H2,2H3. The second-order valence-corrected chi connectivity index (χ2v) is 8.46. The van der Waals surface area contributed by atoms with Gasteiger partial charge in [-0.15, -0.1) is 0 Å². The number of aliphatic hydroxyl groups is 1. The minimum Gasteiger partial charge on any atom is -0.469 e. The van der Waals surface area contributed by atoms with E-state index in [1.807, 2.05) is 17.0 Å². The zero-order valence-electron chi connectivity index (χ0n) is 17.6. The molecular weight excluding hydrogens is 437 g/mol. The first kappa shape index (κ1) is 23.5. The van der Waals surface area contributed by atoms with Crippen LogP contribution in [0.5, 0.6) is 0 Å². The van der Waals surface area contributed by atoms with Crippen LogP contribution in [0.25, 0.3) is 5.70 Å². The van der Waals surface area contributed by atoms with Crippen molar-refractivity contribution in [1.29, 1.82) is 0 Å². The Bertz CT molecular complexity index is 893. The molecule has 1 N–H and O–H groups in total. The minimum atomic E-state index is -0.124. The highest BCUT2D eigenvalue weighted by atomic mass is 35.5. The summed E-state index contributed by atoms with van der Waals surface area (Å²) in [5.74, 6) is 0.763. The number of carbonyl (C=O) groups is 1. The van der Waals surface area contributed by atoms with Gasteiger partial charge in [0.15, 0.2) is 0 Å². The first-order valence-corrected chi connectivity index (χ1v) is 11.1. The van der Waals surface area contributed by atoms with Gasteiger partial charge in [0.1, 0.15) is 16.6 Å². The van der Waals surface area contributed by atoms with E-state index in [9.17, 15) is 9.90 Å². The maximum Gasteiger partial charge on any atom is 0.305 e. The molecule has 1 aromatic heterocycles. The van der Waals surface area contributed by atoms with Crippen LogP contribution in [0.4, 0.5) is 5.69 Å². The van der Waals surface area contributed by atoms with Gasteiger partial charge in [0.05, 0.1) is 19.3 Å². The van der Waals surface area contributed by atoms with Crippen molar-refractivity contribution in [3.63, 3.8) is 0 Å². The highest BCUT2D eigenvalue weighted by Crippen LogP contribution is 2.38. The molecule has 0 radical (unpaired) electrons. The highest BCUT2D eigenvalue weighted by molar-refractivity contribution is 6.36. The number of ether oxygens (including phenoxy) is 1. The fourth-order valence-electron chi connectivity index (χ4n) is 4.18. The Labute approximate surface area is 192 Å². The minimum absolute atomic E-state index is 0.0616. The van der Waals surface area contributed by atoms with Crippen LogP contribution in [-0.4, -0.2) is 41.3 Å². The maximum absolute atomic E-state index is 11.5. The van der Waals surface area contributed by atoms with Crippen LogP contribution in [-0.2, 0) is 9.53 Å². The second-order valence-electron chi connectivity index (χ2n) is 7.74. The Morgan fingerprint density at radius 2 is 1.77 bits per heavy atom. The predicted molar refractivity (Wildman–Crippen MR) is 123 cm³/mol. The molecule has 1 aliphatic carbocycles. The first-order valence-electron chi connectivity index (χ1n) is 10.3. The Morgan fingerprint density at radius 1 is 1.16 bits per heavy atom. The summed E-state index contributed by atoms with van der Waals surface area (Å²) in [7, 11) is 1.44. The van der Waals surface area contributed by atoms with Gasteiger partial charge in [-0.25, -0.2) is 9.97 Å². The van der Waals surface area contributed by atoms with Gasteiger partial charge in [-0.3, -0.25) is 4.79 Å². The molecule has 0 amide bonds. The summed E-state index contributed by atoms with van der Waals surface area (Å²) < 4.78 is 4.79. The van der Waals surface area contributed by atoms with Crippen LogP contribution < -0.4 is 4.90 Å². The summed E-state index contributed by atoms with van der Waals surface area (Å²) in [6.07, 6.45) is 5.97. The Morgan fingerprint density at radius 3 is 2.32 bits per heavy atom. The quantitative estimate of drug-likeness (QED) is 0.433. The molecule has 0 bridgehead atoms. The van der Waals surface area contributed by atoms with Crippen molar-refractivity contribution < 1.29 is 14.6 Å². The third-order valence-electron chi connectivity index (χ3n) is 5.90. The summed E-state index contributed by atoms with van der Waals surface area (Å²) in [4.78, 5) is 21.3. The third-order valence-corrected chi connectivity index (χ3v) is 6.47. The van der Waals surface area contributed by atoms with E-state index in [1.165, 1.54) is 19.0 Å². The lowest BCUT2D eigenvalue weighted by atomic mass is 9.77. The van der Waals surface area contributed by atoms with E-state index in [-0.39, 0.29) is 22.9 Å². The van der Waals surface area contributed by atoms with Gasteiger partial charge in [0.25, 0.3) is 0 Å². The zero-order valence-corrected chi connectivity index (χ0v) is 19.1. The van der Waals surface area contributed by atoms with Crippen LogP contribution in [0.3, 0.4) is 0 Å². The van der Waals surface area contributed by atoms with Crippen LogP contribution >= 0.6 is 23.2 Å². The predicted octanol–water partition coefficient (Wildman–Crippen LogP) is 5.09. The fraction of sp³-hybridized carbons (Fsp3) is 0.435. The molecule has 6 nitrogen and oxygen atoms in total. The van der Waals surface area contributed by atoms with E-state index in [1.54, 1.807) is 0 Å². The Balaban J connectivity index is 1.71. The number of esters is 1. The number of benzene rings is 1. The zero-order chi connectivity index (χ0) is 22.4. The molecule has 0 saturated heterocycles. The smallest absolute Gasteiger partial charge is 0.305 e. The molecule has 1 heterocycles. The summed E-state index contributed by atoms with van der Waals surface area (Å²) in [6.45, 7) is 4.39. The molecule has 1 aliphatic rings. The number of nitrogens with zero attached hydrogens (tertiary/aromatic N) is 3. The SMILES string of the molecule is C=C(c1c(Cl)ncnc1Cl)N(CCO)c1ccc(C2CCC(CC(=O)OC)CC2)cc1. The van der Waals surface area contributed by atoms with Crippen molar-refractivity contribution in [2.75, 3.05) is 25.2 Å².